The number of halogens is 2. The molecule has 1 aromatic rings. The number of nitrogens with zero attached hydrogens (tertiary/aromatic N) is 1. The lowest BCUT2D eigenvalue weighted by atomic mass is 10.1. The molecule has 1 aliphatic rings. The van der Waals surface area contributed by atoms with Gasteiger partial charge in [-0.05, 0) is 31.0 Å². The maximum atomic E-state index is 13.6. The number of amides is 2. The van der Waals surface area contributed by atoms with E-state index in [4.69, 9.17) is 11.6 Å². The van der Waals surface area contributed by atoms with Crippen LogP contribution in [0.25, 0.3) is 0 Å². The summed E-state index contributed by atoms with van der Waals surface area (Å²) in [4.78, 5) is 13.4. The summed E-state index contributed by atoms with van der Waals surface area (Å²) in [5, 5.41) is 12.5. The fourth-order valence-electron chi connectivity index (χ4n) is 2.47. The fourth-order valence-corrected chi connectivity index (χ4v) is 2.63. The molecule has 2 atom stereocenters. The van der Waals surface area contributed by atoms with Gasteiger partial charge in [-0.2, -0.15) is 0 Å². The molecule has 0 bridgehead atoms. The number of aliphatic hydroxyl groups is 1. The SMILES string of the molecule is CN(CC1CCCC1O)C(=O)Nc1ccc(Cl)cc1F. The summed E-state index contributed by atoms with van der Waals surface area (Å²) >= 11 is 5.65. The fraction of sp³-hybridized carbons (Fsp3) is 0.500. The predicted octanol–water partition coefficient (Wildman–Crippen LogP) is 3.10. The zero-order valence-corrected chi connectivity index (χ0v) is 12.0. The van der Waals surface area contributed by atoms with Gasteiger partial charge in [0.1, 0.15) is 5.82 Å². The smallest absolute Gasteiger partial charge is 0.321 e. The molecule has 110 valence electrons. The van der Waals surface area contributed by atoms with Gasteiger partial charge in [0.05, 0.1) is 11.8 Å². The van der Waals surface area contributed by atoms with Crippen LogP contribution in [0, 0.1) is 11.7 Å². The monoisotopic (exact) mass is 300 g/mol. The van der Waals surface area contributed by atoms with Crippen LogP contribution in [-0.4, -0.2) is 35.7 Å². The van der Waals surface area contributed by atoms with Crippen LogP contribution in [0.4, 0.5) is 14.9 Å². The van der Waals surface area contributed by atoms with Crippen LogP contribution < -0.4 is 5.32 Å². The van der Waals surface area contributed by atoms with E-state index >= 15 is 0 Å². The Bertz CT molecular complexity index is 498. The quantitative estimate of drug-likeness (QED) is 0.901. The molecule has 0 aromatic heterocycles. The van der Waals surface area contributed by atoms with Crippen molar-refractivity contribution in [2.24, 2.45) is 5.92 Å². The van der Waals surface area contributed by atoms with Gasteiger partial charge in [0.15, 0.2) is 0 Å². The van der Waals surface area contributed by atoms with Gasteiger partial charge < -0.3 is 15.3 Å². The van der Waals surface area contributed by atoms with Crippen molar-refractivity contribution in [3.8, 4) is 0 Å². The van der Waals surface area contributed by atoms with E-state index in [2.05, 4.69) is 5.32 Å². The van der Waals surface area contributed by atoms with Crippen LogP contribution in [0.2, 0.25) is 5.02 Å². The van der Waals surface area contributed by atoms with Gasteiger partial charge in [-0.1, -0.05) is 18.0 Å². The maximum Gasteiger partial charge on any atom is 0.321 e. The standard InChI is InChI=1S/C14H18ClFN2O2/c1-18(8-9-3-2-4-13(9)19)14(20)17-12-6-5-10(15)7-11(12)16/h5-7,9,13,19H,2-4,8H2,1H3,(H,17,20). The average Bonchev–Trinajstić information content (AvgIpc) is 2.78. The Morgan fingerprint density at radius 3 is 2.90 bits per heavy atom. The molecule has 1 fully saturated rings. The Kier molecular flexibility index (Phi) is 4.83. The lowest BCUT2D eigenvalue weighted by Gasteiger charge is -2.23. The van der Waals surface area contributed by atoms with Gasteiger partial charge >= 0.3 is 6.03 Å². The number of hydrogen-bond donors (Lipinski definition) is 2. The molecule has 0 radical (unpaired) electrons. The molecular formula is C14H18ClFN2O2. The number of anilines is 1. The Balaban J connectivity index is 1.93. The highest BCUT2D eigenvalue weighted by Gasteiger charge is 2.27. The molecule has 0 spiro atoms. The second-order valence-electron chi connectivity index (χ2n) is 5.19. The average molecular weight is 301 g/mol. The molecule has 0 aliphatic heterocycles. The molecular weight excluding hydrogens is 283 g/mol. The molecule has 1 aromatic carbocycles. The number of carbonyl (C=O) groups excluding carboxylic acids is 1. The van der Waals surface area contributed by atoms with Crippen molar-refractivity contribution in [1.82, 2.24) is 4.90 Å². The Morgan fingerprint density at radius 2 is 2.30 bits per heavy atom. The van der Waals surface area contributed by atoms with E-state index in [9.17, 15) is 14.3 Å². The zero-order valence-electron chi connectivity index (χ0n) is 11.3. The first-order valence-electron chi connectivity index (χ1n) is 6.62. The number of nitrogens with one attached hydrogen (secondary N) is 1. The van der Waals surface area contributed by atoms with Crippen LogP contribution in [0.3, 0.4) is 0 Å². The van der Waals surface area contributed by atoms with Gasteiger partial charge in [-0.15, -0.1) is 0 Å². The van der Waals surface area contributed by atoms with Crippen molar-refractivity contribution in [2.45, 2.75) is 25.4 Å². The molecule has 4 nitrogen and oxygen atoms in total. The van der Waals surface area contributed by atoms with Crippen LogP contribution in [0.1, 0.15) is 19.3 Å². The van der Waals surface area contributed by atoms with E-state index in [0.29, 0.717) is 6.54 Å². The Hall–Kier alpha value is -1.33. The maximum absolute atomic E-state index is 13.6. The molecule has 6 heteroatoms. The van der Waals surface area contributed by atoms with Crippen LogP contribution in [0.5, 0.6) is 0 Å². The van der Waals surface area contributed by atoms with Gasteiger partial charge in [0.25, 0.3) is 0 Å². The largest absolute Gasteiger partial charge is 0.393 e. The van der Waals surface area contributed by atoms with Crippen molar-refractivity contribution in [1.29, 1.82) is 0 Å². The van der Waals surface area contributed by atoms with Crippen molar-refractivity contribution < 1.29 is 14.3 Å². The lowest BCUT2D eigenvalue weighted by Crippen LogP contribution is -2.37. The second kappa shape index (κ2) is 6.41. The van der Waals surface area contributed by atoms with Crippen molar-refractivity contribution in [2.75, 3.05) is 18.9 Å². The number of hydrogen-bond acceptors (Lipinski definition) is 2. The molecule has 0 heterocycles. The minimum Gasteiger partial charge on any atom is -0.393 e. The number of aliphatic hydroxyl groups excluding tert-OH is 1. The third kappa shape index (κ3) is 3.61. The van der Waals surface area contributed by atoms with Crippen LogP contribution >= 0.6 is 11.6 Å². The van der Waals surface area contributed by atoms with Gasteiger partial charge in [0.2, 0.25) is 0 Å². The summed E-state index contributed by atoms with van der Waals surface area (Å²) in [5.41, 5.74) is 0.0956. The molecule has 1 aliphatic carbocycles. The zero-order chi connectivity index (χ0) is 14.7. The van der Waals surface area contributed by atoms with Crippen LogP contribution in [-0.2, 0) is 0 Å². The Labute approximate surface area is 122 Å². The van der Waals surface area contributed by atoms with E-state index in [1.165, 1.54) is 17.0 Å². The summed E-state index contributed by atoms with van der Waals surface area (Å²) in [7, 11) is 1.63. The van der Waals surface area contributed by atoms with Crippen molar-refractivity contribution >= 4 is 23.3 Å². The highest BCUT2D eigenvalue weighted by atomic mass is 35.5. The minimum absolute atomic E-state index is 0.0956. The van der Waals surface area contributed by atoms with E-state index in [1.54, 1.807) is 7.05 Å². The molecule has 0 saturated heterocycles. The topological polar surface area (TPSA) is 52.6 Å². The first-order chi connectivity index (χ1) is 9.47. The first-order valence-corrected chi connectivity index (χ1v) is 7.00. The van der Waals surface area contributed by atoms with E-state index < -0.39 is 11.8 Å². The van der Waals surface area contributed by atoms with E-state index in [0.717, 1.165) is 25.3 Å². The lowest BCUT2D eigenvalue weighted by molar-refractivity contribution is 0.116. The highest BCUT2D eigenvalue weighted by molar-refractivity contribution is 6.30. The van der Waals surface area contributed by atoms with Gasteiger partial charge in [-0.25, -0.2) is 9.18 Å². The molecule has 2 rings (SSSR count). The molecule has 2 amide bonds. The third-order valence-electron chi connectivity index (χ3n) is 3.65. The van der Waals surface area contributed by atoms with Gasteiger partial charge in [-0.3, -0.25) is 0 Å². The second-order valence-corrected chi connectivity index (χ2v) is 5.63. The normalized spacial score (nSPS) is 21.8. The third-order valence-corrected chi connectivity index (χ3v) is 3.88. The summed E-state index contributed by atoms with van der Waals surface area (Å²) in [6.45, 7) is 0.461. The van der Waals surface area contributed by atoms with Crippen LogP contribution in [0.15, 0.2) is 18.2 Å². The Morgan fingerprint density at radius 1 is 1.55 bits per heavy atom. The first kappa shape index (κ1) is 15.1. The van der Waals surface area contributed by atoms with Crippen molar-refractivity contribution in [3.63, 3.8) is 0 Å². The molecule has 20 heavy (non-hydrogen) atoms. The number of rotatable bonds is 3. The molecule has 2 unspecified atom stereocenters. The minimum atomic E-state index is -0.569. The summed E-state index contributed by atoms with van der Waals surface area (Å²) < 4.78 is 13.6. The number of carbonyl (C=O) groups is 1. The number of urea groups is 1. The predicted molar refractivity (Wildman–Crippen MR) is 76.4 cm³/mol. The summed E-state index contributed by atoms with van der Waals surface area (Å²) in [6.07, 6.45) is 2.32. The van der Waals surface area contributed by atoms with E-state index in [1.807, 2.05) is 0 Å². The van der Waals surface area contributed by atoms with Gasteiger partial charge in [0, 0.05) is 24.5 Å². The summed E-state index contributed by atoms with van der Waals surface area (Å²) in [5.74, 6) is -0.471. The van der Waals surface area contributed by atoms with E-state index in [-0.39, 0.29) is 22.7 Å². The summed E-state index contributed by atoms with van der Waals surface area (Å²) in [6, 6.07) is 3.69. The molecule has 1 saturated carbocycles. The molecule has 2 N–H and O–H groups in total. The highest BCUT2D eigenvalue weighted by Crippen LogP contribution is 2.26. The van der Waals surface area contributed by atoms with Crippen molar-refractivity contribution in [3.05, 3.63) is 29.0 Å². The number of benzene rings is 1.